The van der Waals surface area contributed by atoms with Crippen LogP contribution in [0.2, 0.25) is 0 Å². The van der Waals surface area contributed by atoms with Gasteiger partial charge in [-0.05, 0) is 12.8 Å². The van der Waals surface area contributed by atoms with Crippen LogP contribution >= 0.6 is 0 Å². The van der Waals surface area contributed by atoms with Crippen molar-refractivity contribution in [3.8, 4) is 0 Å². The van der Waals surface area contributed by atoms with Crippen LogP contribution in [0.4, 0.5) is 0 Å². The number of ether oxygens (including phenoxy) is 2. The minimum Gasteiger partial charge on any atom is -0.465 e. The van der Waals surface area contributed by atoms with Gasteiger partial charge in [0.05, 0.1) is 11.5 Å². The van der Waals surface area contributed by atoms with Gasteiger partial charge in [0.25, 0.3) is 0 Å². The molecule has 0 aromatic carbocycles. The Bertz CT molecular complexity index is 557. The molecule has 0 heterocycles. The van der Waals surface area contributed by atoms with Gasteiger partial charge in [-0.25, -0.2) is 8.42 Å². The maximum atomic E-state index is 12.1. The second kappa shape index (κ2) is 24.6. The van der Waals surface area contributed by atoms with Gasteiger partial charge in [0.15, 0.2) is 9.84 Å². The molecule has 0 fully saturated rings. The monoisotopic (exact) mass is 518 g/mol. The quantitative estimate of drug-likeness (QED) is 0.0880. The molecule has 0 amide bonds. The van der Waals surface area contributed by atoms with Crippen LogP contribution < -0.4 is 0 Å². The molecule has 7 heteroatoms. The van der Waals surface area contributed by atoms with E-state index in [4.69, 9.17) is 9.47 Å². The molecule has 0 radical (unpaired) electrons. The first-order chi connectivity index (χ1) is 16.9. The summed E-state index contributed by atoms with van der Waals surface area (Å²) in [4.78, 5) is 23.6. The van der Waals surface area contributed by atoms with Crippen LogP contribution in [0, 0.1) is 0 Å². The standard InChI is InChI=1S/C28H54O6S/c1-3-5-7-9-11-13-15-17-19-21-27(29)33-23-25-35(31,32)26-24-34-28(30)22-20-18-16-14-12-10-8-6-4-2/h3-26H2,1-2H3. The number of esters is 2. The Hall–Kier alpha value is -1.11. The molecule has 35 heavy (non-hydrogen) atoms. The predicted octanol–water partition coefficient (Wildman–Crippen LogP) is 7.33. The summed E-state index contributed by atoms with van der Waals surface area (Å²) in [6.07, 6.45) is 21.8. The van der Waals surface area contributed by atoms with Gasteiger partial charge in [-0.15, -0.1) is 0 Å². The molecule has 0 aromatic heterocycles. The first-order valence-corrected chi connectivity index (χ1v) is 16.2. The number of hydrogen-bond acceptors (Lipinski definition) is 6. The van der Waals surface area contributed by atoms with E-state index in [-0.39, 0.29) is 36.7 Å². The van der Waals surface area contributed by atoms with Gasteiger partial charge >= 0.3 is 11.9 Å². The normalized spacial score (nSPS) is 11.5. The SMILES string of the molecule is CCCCCCCCCCCC(=O)OCCS(=O)(=O)CCOC(=O)CCCCCCCCCCC. The molecule has 0 rings (SSSR count). The predicted molar refractivity (Wildman–Crippen MR) is 144 cm³/mol. The van der Waals surface area contributed by atoms with Gasteiger partial charge in [-0.2, -0.15) is 0 Å². The van der Waals surface area contributed by atoms with Gasteiger partial charge in [-0.3, -0.25) is 9.59 Å². The lowest BCUT2D eigenvalue weighted by molar-refractivity contribution is -0.143. The summed E-state index contributed by atoms with van der Waals surface area (Å²) in [5.74, 6) is -1.13. The molecule has 0 unspecified atom stereocenters. The zero-order chi connectivity index (χ0) is 26.0. The highest BCUT2D eigenvalue weighted by atomic mass is 32.2. The minimum atomic E-state index is -3.41. The molecule has 0 atom stereocenters. The van der Waals surface area contributed by atoms with Crippen molar-refractivity contribution in [1.82, 2.24) is 0 Å². The number of sulfone groups is 1. The average molecular weight is 519 g/mol. The van der Waals surface area contributed by atoms with Crippen molar-refractivity contribution < 1.29 is 27.5 Å². The summed E-state index contributed by atoms with van der Waals surface area (Å²) in [7, 11) is -3.41. The molecule has 0 aliphatic carbocycles. The minimum absolute atomic E-state index is 0.134. The van der Waals surface area contributed by atoms with Crippen molar-refractivity contribution in [1.29, 1.82) is 0 Å². The lowest BCUT2D eigenvalue weighted by Gasteiger charge is -2.08. The van der Waals surface area contributed by atoms with Gasteiger partial charge < -0.3 is 9.47 Å². The average Bonchev–Trinajstić information content (AvgIpc) is 2.81. The van der Waals surface area contributed by atoms with E-state index < -0.39 is 9.84 Å². The van der Waals surface area contributed by atoms with Crippen LogP contribution in [0.25, 0.3) is 0 Å². The fraction of sp³-hybridized carbons (Fsp3) is 0.929. The second-order valence-electron chi connectivity index (χ2n) is 9.75. The van der Waals surface area contributed by atoms with Crippen LogP contribution in [0.5, 0.6) is 0 Å². The third kappa shape index (κ3) is 25.8. The highest BCUT2D eigenvalue weighted by Gasteiger charge is 2.14. The molecule has 0 saturated carbocycles. The molecule has 208 valence electrons. The van der Waals surface area contributed by atoms with Crippen LogP contribution in [0.3, 0.4) is 0 Å². The fourth-order valence-electron chi connectivity index (χ4n) is 3.97. The number of rotatable bonds is 26. The number of carbonyl (C=O) groups excluding carboxylic acids is 2. The summed E-state index contributed by atoms with van der Waals surface area (Å²) < 4.78 is 34.3. The zero-order valence-electron chi connectivity index (χ0n) is 22.8. The first kappa shape index (κ1) is 33.9. The largest absolute Gasteiger partial charge is 0.465 e. The number of hydrogen-bond donors (Lipinski definition) is 0. The highest BCUT2D eigenvalue weighted by molar-refractivity contribution is 7.91. The Morgan fingerprint density at radius 2 is 0.771 bits per heavy atom. The number of unbranched alkanes of at least 4 members (excludes halogenated alkanes) is 16. The molecule has 0 aliphatic heterocycles. The van der Waals surface area contributed by atoms with E-state index in [0.717, 1.165) is 38.5 Å². The Morgan fingerprint density at radius 3 is 1.09 bits per heavy atom. The van der Waals surface area contributed by atoms with E-state index >= 15 is 0 Å². The Labute approximate surface area is 216 Å². The molecule has 0 aliphatic rings. The van der Waals surface area contributed by atoms with Gasteiger partial charge in [0, 0.05) is 12.8 Å². The Balaban J connectivity index is 3.59. The molecule has 0 spiro atoms. The molecular weight excluding hydrogens is 464 g/mol. The Morgan fingerprint density at radius 1 is 0.486 bits per heavy atom. The van der Waals surface area contributed by atoms with E-state index in [9.17, 15) is 18.0 Å². The van der Waals surface area contributed by atoms with E-state index in [0.29, 0.717) is 12.8 Å². The molecule has 0 saturated heterocycles. The summed E-state index contributed by atoms with van der Waals surface area (Å²) in [5.41, 5.74) is 0. The smallest absolute Gasteiger partial charge is 0.305 e. The van der Waals surface area contributed by atoms with Gasteiger partial charge in [-0.1, -0.05) is 117 Å². The van der Waals surface area contributed by atoms with Crippen LogP contribution in [0.15, 0.2) is 0 Å². The van der Waals surface area contributed by atoms with Crippen molar-refractivity contribution in [2.75, 3.05) is 24.7 Å². The third-order valence-electron chi connectivity index (χ3n) is 6.28. The third-order valence-corrected chi connectivity index (χ3v) is 7.86. The lowest BCUT2D eigenvalue weighted by Crippen LogP contribution is -2.21. The van der Waals surface area contributed by atoms with E-state index in [1.165, 1.54) is 77.0 Å². The zero-order valence-corrected chi connectivity index (χ0v) is 23.6. The molecule has 0 N–H and O–H groups in total. The van der Waals surface area contributed by atoms with Crippen LogP contribution in [0.1, 0.15) is 142 Å². The molecule has 6 nitrogen and oxygen atoms in total. The topological polar surface area (TPSA) is 86.7 Å². The van der Waals surface area contributed by atoms with Crippen molar-refractivity contribution >= 4 is 21.8 Å². The summed E-state index contributed by atoms with van der Waals surface area (Å²) in [6, 6.07) is 0. The molecule has 0 bridgehead atoms. The maximum Gasteiger partial charge on any atom is 0.305 e. The lowest BCUT2D eigenvalue weighted by atomic mass is 10.1. The van der Waals surface area contributed by atoms with Gasteiger partial charge in [0.1, 0.15) is 13.2 Å². The van der Waals surface area contributed by atoms with E-state index in [2.05, 4.69) is 13.8 Å². The summed E-state index contributed by atoms with van der Waals surface area (Å²) in [6.45, 7) is 4.16. The molecule has 0 aromatic rings. The highest BCUT2D eigenvalue weighted by Crippen LogP contribution is 2.12. The first-order valence-electron chi connectivity index (χ1n) is 14.4. The van der Waals surface area contributed by atoms with Crippen LogP contribution in [-0.2, 0) is 28.9 Å². The van der Waals surface area contributed by atoms with Crippen LogP contribution in [-0.4, -0.2) is 45.1 Å². The van der Waals surface area contributed by atoms with Crippen molar-refractivity contribution in [2.45, 2.75) is 142 Å². The Kier molecular flexibility index (Phi) is 23.8. The number of carbonyl (C=O) groups is 2. The van der Waals surface area contributed by atoms with E-state index in [1.807, 2.05) is 0 Å². The second-order valence-corrected chi connectivity index (χ2v) is 12.1. The van der Waals surface area contributed by atoms with Crippen molar-refractivity contribution in [2.24, 2.45) is 0 Å². The summed E-state index contributed by atoms with van der Waals surface area (Å²) >= 11 is 0. The van der Waals surface area contributed by atoms with E-state index in [1.54, 1.807) is 0 Å². The van der Waals surface area contributed by atoms with Crippen molar-refractivity contribution in [3.05, 3.63) is 0 Å². The maximum absolute atomic E-state index is 12.1. The van der Waals surface area contributed by atoms with Gasteiger partial charge in [0.2, 0.25) is 0 Å². The van der Waals surface area contributed by atoms with Crippen molar-refractivity contribution in [3.63, 3.8) is 0 Å². The summed E-state index contributed by atoms with van der Waals surface area (Å²) in [5, 5.41) is 0. The molecular formula is C28H54O6S. The fourth-order valence-corrected chi connectivity index (χ4v) is 4.85.